The minimum absolute atomic E-state index is 0.0250. The molecular formula is C18H27N3O3. The van der Waals surface area contributed by atoms with Crippen LogP contribution in [0.25, 0.3) is 0 Å². The van der Waals surface area contributed by atoms with E-state index < -0.39 is 6.04 Å². The summed E-state index contributed by atoms with van der Waals surface area (Å²) in [5.74, 6) is 0.220. The molecule has 1 aromatic carbocycles. The molecule has 0 radical (unpaired) electrons. The van der Waals surface area contributed by atoms with Crippen molar-refractivity contribution >= 4 is 11.8 Å². The largest absolute Gasteiger partial charge is 0.341 e. The lowest BCUT2D eigenvalue weighted by molar-refractivity contribution is -0.134. The molecule has 0 spiro atoms. The fraction of sp³-hybridized carbons (Fsp3) is 0.556. The lowest BCUT2D eigenvalue weighted by Gasteiger charge is -2.33. The summed E-state index contributed by atoms with van der Waals surface area (Å²) < 4.78 is 0. The Morgan fingerprint density at radius 3 is 2.54 bits per heavy atom. The number of piperidine rings is 1. The third-order valence-electron chi connectivity index (χ3n) is 4.68. The maximum atomic E-state index is 12.5. The van der Waals surface area contributed by atoms with Crippen LogP contribution in [0.2, 0.25) is 0 Å². The maximum absolute atomic E-state index is 12.5. The maximum Gasteiger partial charge on any atom is 0.243 e. The van der Waals surface area contributed by atoms with E-state index in [-0.39, 0.29) is 11.8 Å². The summed E-state index contributed by atoms with van der Waals surface area (Å²) in [6.45, 7) is 1.47. The topological polar surface area (TPSA) is 95.7 Å². The van der Waals surface area contributed by atoms with Crippen LogP contribution < -0.4 is 11.2 Å². The van der Waals surface area contributed by atoms with Gasteiger partial charge in [0.15, 0.2) is 0 Å². The Kier molecular flexibility index (Phi) is 7.21. The molecular weight excluding hydrogens is 306 g/mol. The van der Waals surface area contributed by atoms with Gasteiger partial charge in [0.1, 0.15) is 0 Å². The van der Waals surface area contributed by atoms with Crippen molar-refractivity contribution in [3.63, 3.8) is 0 Å². The van der Waals surface area contributed by atoms with Crippen molar-refractivity contribution in [2.75, 3.05) is 13.1 Å². The van der Waals surface area contributed by atoms with Gasteiger partial charge >= 0.3 is 0 Å². The van der Waals surface area contributed by atoms with Gasteiger partial charge < -0.3 is 10.6 Å². The Morgan fingerprint density at radius 2 is 1.92 bits per heavy atom. The van der Waals surface area contributed by atoms with Crippen LogP contribution in [-0.2, 0) is 16.0 Å². The van der Waals surface area contributed by atoms with Gasteiger partial charge in [-0.1, -0.05) is 30.3 Å². The molecule has 1 saturated heterocycles. The van der Waals surface area contributed by atoms with E-state index in [1.165, 1.54) is 0 Å². The molecule has 1 aliphatic heterocycles. The van der Waals surface area contributed by atoms with E-state index in [1.54, 1.807) is 5.48 Å². The number of benzene rings is 1. The Labute approximate surface area is 143 Å². The Balaban J connectivity index is 1.71. The number of carbonyl (C=O) groups is 2. The molecule has 1 fully saturated rings. The average Bonchev–Trinajstić information content (AvgIpc) is 2.62. The van der Waals surface area contributed by atoms with E-state index in [4.69, 9.17) is 10.9 Å². The number of nitrogens with zero attached hydrogens (tertiary/aromatic N) is 1. The van der Waals surface area contributed by atoms with Crippen molar-refractivity contribution in [2.24, 2.45) is 11.7 Å². The second-order valence-corrected chi connectivity index (χ2v) is 6.49. The van der Waals surface area contributed by atoms with Crippen molar-refractivity contribution in [1.29, 1.82) is 0 Å². The van der Waals surface area contributed by atoms with Gasteiger partial charge in [-0.25, -0.2) is 5.48 Å². The molecule has 0 saturated carbocycles. The number of hydroxylamine groups is 1. The van der Waals surface area contributed by atoms with E-state index >= 15 is 0 Å². The molecule has 0 aromatic heterocycles. The van der Waals surface area contributed by atoms with E-state index in [2.05, 4.69) is 0 Å². The van der Waals surface area contributed by atoms with E-state index in [0.717, 1.165) is 44.3 Å². The first-order valence-corrected chi connectivity index (χ1v) is 8.61. The predicted octanol–water partition coefficient (Wildman–Crippen LogP) is 1.47. The molecule has 0 bridgehead atoms. The molecule has 6 heteroatoms. The predicted molar refractivity (Wildman–Crippen MR) is 91.2 cm³/mol. The number of likely N-dealkylation sites (tertiary alicyclic amines) is 1. The van der Waals surface area contributed by atoms with Gasteiger partial charge in [0, 0.05) is 19.5 Å². The summed E-state index contributed by atoms with van der Waals surface area (Å²) in [5, 5.41) is 8.47. The average molecular weight is 333 g/mol. The highest BCUT2D eigenvalue weighted by Crippen LogP contribution is 2.23. The van der Waals surface area contributed by atoms with Crippen molar-refractivity contribution in [3.05, 3.63) is 35.9 Å². The van der Waals surface area contributed by atoms with Crippen molar-refractivity contribution < 1.29 is 14.8 Å². The lowest BCUT2D eigenvalue weighted by Crippen LogP contribution is -2.48. The van der Waals surface area contributed by atoms with Crippen molar-refractivity contribution in [2.45, 2.75) is 44.6 Å². The molecule has 1 aromatic rings. The summed E-state index contributed by atoms with van der Waals surface area (Å²) in [5.41, 5.74) is 8.81. The normalized spacial score (nSPS) is 16.7. The Hall–Kier alpha value is -1.92. The van der Waals surface area contributed by atoms with Gasteiger partial charge in [0.05, 0.1) is 6.04 Å². The molecule has 0 unspecified atom stereocenters. The van der Waals surface area contributed by atoms with Crippen LogP contribution in [0.5, 0.6) is 0 Å². The number of hydrogen-bond donors (Lipinski definition) is 3. The number of rotatable bonds is 7. The molecule has 6 nitrogen and oxygen atoms in total. The number of hydrogen-bond acceptors (Lipinski definition) is 4. The van der Waals surface area contributed by atoms with Gasteiger partial charge in [-0.05, 0) is 43.6 Å². The SMILES string of the molecule is N[C@@H](Cc1ccccc1)C(=O)N1CCC(CCCC(=O)NO)CC1. The Bertz CT molecular complexity index is 528. The van der Waals surface area contributed by atoms with Gasteiger partial charge in [-0.2, -0.15) is 0 Å². The van der Waals surface area contributed by atoms with E-state index in [9.17, 15) is 9.59 Å². The highest BCUT2D eigenvalue weighted by Gasteiger charge is 2.26. The number of carbonyl (C=O) groups excluding carboxylic acids is 2. The van der Waals surface area contributed by atoms with Crippen LogP contribution in [0, 0.1) is 5.92 Å². The first-order chi connectivity index (χ1) is 11.6. The fourth-order valence-corrected chi connectivity index (χ4v) is 3.24. The standard InChI is InChI=1S/C18H27N3O3/c19-16(13-15-5-2-1-3-6-15)18(23)21-11-9-14(10-12-21)7-4-8-17(22)20-24/h1-3,5-6,14,16,24H,4,7-13,19H2,(H,20,22)/t16-/m0/s1. The molecule has 132 valence electrons. The first kappa shape index (κ1) is 18.4. The second kappa shape index (κ2) is 9.39. The molecule has 0 aliphatic carbocycles. The summed E-state index contributed by atoms with van der Waals surface area (Å²) >= 11 is 0. The van der Waals surface area contributed by atoms with Crippen LogP contribution in [-0.4, -0.2) is 41.1 Å². The summed E-state index contributed by atoms with van der Waals surface area (Å²) in [6.07, 6.45) is 4.52. The molecule has 1 heterocycles. The van der Waals surface area contributed by atoms with Gasteiger partial charge in [-0.3, -0.25) is 14.8 Å². The minimum atomic E-state index is -0.489. The van der Waals surface area contributed by atoms with E-state index in [1.807, 2.05) is 35.2 Å². The van der Waals surface area contributed by atoms with Gasteiger partial charge in [0.2, 0.25) is 11.8 Å². The molecule has 2 amide bonds. The fourth-order valence-electron chi connectivity index (χ4n) is 3.24. The van der Waals surface area contributed by atoms with Crippen LogP contribution in [0.15, 0.2) is 30.3 Å². The zero-order chi connectivity index (χ0) is 17.4. The van der Waals surface area contributed by atoms with Crippen LogP contribution in [0.4, 0.5) is 0 Å². The zero-order valence-electron chi connectivity index (χ0n) is 14.0. The summed E-state index contributed by atoms with van der Waals surface area (Å²) in [6, 6.07) is 9.34. The van der Waals surface area contributed by atoms with Crippen molar-refractivity contribution in [3.8, 4) is 0 Å². The Morgan fingerprint density at radius 1 is 1.25 bits per heavy atom. The zero-order valence-corrected chi connectivity index (χ0v) is 14.0. The molecule has 4 N–H and O–H groups in total. The number of nitrogens with two attached hydrogens (primary N) is 1. The van der Waals surface area contributed by atoms with Gasteiger partial charge in [0.25, 0.3) is 0 Å². The highest BCUT2D eigenvalue weighted by molar-refractivity contribution is 5.82. The highest BCUT2D eigenvalue weighted by atomic mass is 16.5. The minimum Gasteiger partial charge on any atom is -0.341 e. The van der Waals surface area contributed by atoms with Crippen molar-refractivity contribution in [1.82, 2.24) is 10.4 Å². The number of nitrogens with one attached hydrogen (secondary N) is 1. The monoisotopic (exact) mass is 333 g/mol. The van der Waals surface area contributed by atoms with Gasteiger partial charge in [-0.15, -0.1) is 0 Å². The molecule has 1 atom stereocenters. The van der Waals surface area contributed by atoms with Crippen LogP contribution >= 0.6 is 0 Å². The lowest BCUT2D eigenvalue weighted by atomic mass is 9.91. The third kappa shape index (κ3) is 5.62. The smallest absolute Gasteiger partial charge is 0.243 e. The molecule has 2 rings (SSSR count). The molecule has 1 aliphatic rings. The molecule has 24 heavy (non-hydrogen) atoms. The van der Waals surface area contributed by atoms with Crippen LogP contribution in [0.3, 0.4) is 0 Å². The second-order valence-electron chi connectivity index (χ2n) is 6.49. The first-order valence-electron chi connectivity index (χ1n) is 8.61. The quantitative estimate of drug-likeness (QED) is 0.520. The number of amides is 2. The van der Waals surface area contributed by atoms with E-state index in [0.29, 0.717) is 18.8 Å². The van der Waals surface area contributed by atoms with Crippen LogP contribution in [0.1, 0.15) is 37.7 Å². The summed E-state index contributed by atoms with van der Waals surface area (Å²) in [4.78, 5) is 25.3. The third-order valence-corrected chi connectivity index (χ3v) is 4.68. The summed E-state index contributed by atoms with van der Waals surface area (Å²) in [7, 11) is 0.